The average Bonchev–Trinajstić information content (AvgIpc) is 2.07. The second kappa shape index (κ2) is 6.35. The van der Waals surface area contributed by atoms with Crippen LogP contribution in [0.15, 0.2) is 0 Å². The lowest BCUT2D eigenvalue weighted by Crippen LogP contribution is -2.42. The molecule has 0 aliphatic heterocycles. The first-order valence-electron chi connectivity index (χ1n) is 5.28. The Bertz CT molecular complexity index is 124. The maximum Gasteiger partial charge on any atom is 0.0704 e. The highest BCUT2D eigenvalue weighted by Crippen LogP contribution is 2.20. The van der Waals surface area contributed by atoms with E-state index < -0.39 is 0 Å². The topological polar surface area (TPSA) is 44.5 Å². The van der Waals surface area contributed by atoms with E-state index in [0.717, 1.165) is 39.1 Å². The first kappa shape index (κ1) is 11.0. The Kier molecular flexibility index (Phi) is 5.35. The van der Waals surface area contributed by atoms with E-state index in [1.807, 2.05) is 0 Å². The average molecular weight is 187 g/mol. The van der Waals surface area contributed by atoms with Crippen LogP contribution in [0.25, 0.3) is 0 Å². The maximum atomic E-state index is 5.63. The first-order valence-corrected chi connectivity index (χ1v) is 5.28. The van der Waals surface area contributed by atoms with E-state index in [9.17, 15) is 0 Å². The van der Waals surface area contributed by atoms with Crippen LogP contribution >= 0.6 is 0 Å². The Morgan fingerprint density at radius 3 is 2.62 bits per heavy atom. The summed E-state index contributed by atoms with van der Waals surface area (Å²) in [5.41, 5.74) is 5.63. The highest BCUT2D eigenvalue weighted by Gasteiger charge is 2.25. The molecule has 0 bridgehead atoms. The summed E-state index contributed by atoms with van der Waals surface area (Å²) in [7, 11) is 0. The molecule has 13 heavy (non-hydrogen) atoms. The van der Waals surface area contributed by atoms with Gasteiger partial charge >= 0.3 is 0 Å². The quantitative estimate of drug-likeness (QED) is 0.611. The summed E-state index contributed by atoms with van der Waals surface area (Å²) in [4.78, 5) is 0. The Balaban J connectivity index is 1.74. The zero-order valence-corrected chi connectivity index (χ0v) is 8.50. The largest absolute Gasteiger partial charge is 0.379 e. The molecule has 0 radical (unpaired) electrons. The Morgan fingerprint density at radius 2 is 2.00 bits per heavy atom. The van der Waals surface area contributed by atoms with Gasteiger partial charge in [-0.2, -0.15) is 0 Å². The van der Waals surface area contributed by atoms with E-state index in [4.69, 9.17) is 15.2 Å². The molecule has 2 N–H and O–H groups in total. The smallest absolute Gasteiger partial charge is 0.0704 e. The van der Waals surface area contributed by atoms with Gasteiger partial charge in [0.1, 0.15) is 0 Å². The molecule has 3 nitrogen and oxygen atoms in total. The third kappa shape index (κ3) is 4.60. The summed E-state index contributed by atoms with van der Waals surface area (Å²) in [5, 5.41) is 0. The van der Waals surface area contributed by atoms with Gasteiger partial charge in [-0.3, -0.25) is 0 Å². The fourth-order valence-electron chi connectivity index (χ4n) is 1.36. The van der Waals surface area contributed by atoms with Gasteiger partial charge in [0, 0.05) is 12.6 Å². The monoisotopic (exact) mass is 187 g/mol. The summed E-state index contributed by atoms with van der Waals surface area (Å²) >= 11 is 0. The van der Waals surface area contributed by atoms with Crippen LogP contribution in [0.5, 0.6) is 0 Å². The van der Waals surface area contributed by atoms with Crippen LogP contribution in [0, 0.1) is 0 Å². The highest BCUT2D eigenvalue weighted by atomic mass is 16.5. The molecule has 0 amide bonds. The third-order valence-corrected chi connectivity index (χ3v) is 2.35. The molecule has 0 atom stereocenters. The lowest BCUT2D eigenvalue weighted by molar-refractivity contribution is -0.0363. The second-order valence-electron chi connectivity index (χ2n) is 3.69. The van der Waals surface area contributed by atoms with Gasteiger partial charge in [-0.05, 0) is 19.3 Å². The second-order valence-corrected chi connectivity index (χ2v) is 3.69. The molecule has 3 heteroatoms. The van der Waals surface area contributed by atoms with Crippen LogP contribution in [0.2, 0.25) is 0 Å². The van der Waals surface area contributed by atoms with E-state index in [0.29, 0.717) is 12.1 Å². The summed E-state index contributed by atoms with van der Waals surface area (Å²) < 4.78 is 10.9. The van der Waals surface area contributed by atoms with Gasteiger partial charge in [0.15, 0.2) is 0 Å². The zero-order chi connectivity index (χ0) is 9.52. The highest BCUT2D eigenvalue weighted by molar-refractivity contribution is 4.82. The van der Waals surface area contributed by atoms with Crippen LogP contribution in [0.3, 0.4) is 0 Å². The van der Waals surface area contributed by atoms with Crippen molar-refractivity contribution in [1.82, 2.24) is 0 Å². The summed E-state index contributed by atoms with van der Waals surface area (Å²) in [5.74, 6) is 0. The zero-order valence-electron chi connectivity index (χ0n) is 8.50. The lowest BCUT2D eigenvalue weighted by atomic mass is 9.90. The number of hydrogen-bond donors (Lipinski definition) is 1. The van der Waals surface area contributed by atoms with E-state index in [-0.39, 0.29) is 0 Å². The van der Waals surface area contributed by atoms with Gasteiger partial charge in [0.25, 0.3) is 0 Å². The number of hydrogen-bond acceptors (Lipinski definition) is 3. The Morgan fingerprint density at radius 1 is 1.23 bits per heavy atom. The van der Waals surface area contributed by atoms with Gasteiger partial charge < -0.3 is 15.2 Å². The summed E-state index contributed by atoms with van der Waals surface area (Å²) in [6.45, 7) is 4.48. The van der Waals surface area contributed by atoms with Gasteiger partial charge in [-0.15, -0.1) is 0 Å². The van der Waals surface area contributed by atoms with Crippen molar-refractivity contribution in [2.45, 2.75) is 44.8 Å². The number of unbranched alkanes of at least 4 members (excludes halogenated alkanes) is 1. The van der Waals surface area contributed by atoms with Gasteiger partial charge in [0.2, 0.25) is 0 Å². The molecule has 1 aliphatic rings. The van der Waals surface area contributed by atoms with Crippen molar-refractivity contribution in [3.05, 3.63) is 0 Å². The fourth-order valence-corrected chi connectivity index (χ4v) is 1.36. The predicted molar refractivity (Wildman–Crippen MR) is 52.7 cm³/mol. The molecule has 1 saturated carbocycles. The van der Waals surface area contributed by atoms with Gasteiger partial charge in [-0.1, -0.05) is 13.3 Å². The fraction of sp³-hybridized carbons (Fsp3) is 1.00. The van der Waals surface area contributed by atoms with Crippen LogP contribution in [-0.2, 0) is 9.47 Å². The molecule has 0 aromatic rings. The van der Waals surface area contributed by atoms with Crippen molar-refractivity contribution in [2.75, 3.05) is 19.8 Å². The Hall–Kier alpha value is -0.120. The summed E-state index contributed by atoms with van der Waals surface area (Å²) in [6, 6.07) is 0.381. The SMILES string of the molecule is CCCCOCCOC1CC(N)C1. The van der Waals surface area contributed by atoms with E-state index in [2.05, 4.69) is 6.92 Å². The third-order valence-electron chi connectivity index (χ3n) is 2.35. The number of nitrogens with two attached hydrogens (primary N) is 1. The minimum absolute atomic E-state index is 0.381. The molecule has 0 aromatic heterocycles. The number of rotatable bonds is 7. The van der Waals surface area contributed by atoms with Crippen LogP contribution in [0.1, 0.15) is 32.6 Å². The minimum Gasteiger partial charge on any atom is -0.379 e. The Labute approximate surface area is 80.6 Å². The van der Waals surface area contributed by atoms with Crippen LogP contribution in [-0.4, -0.2) is 32.0 Å². The summed E-state index contributed by atoms with van der Waals surface area (Å²) in [6.07, 6.45) is 4.79. The molecule has 1 aliphatic carbocycles. The maximum absolute atomic E-state index is 5.63. The van der Waals surface area contributed by atoms with Crippen LogP contribution < -0.4 is 5.73 Å². The van der Waals surface area contributed by atoms with Crippen molar-refractivity contribution in [3.8, 4) is 0 Å². The predicted octanol–water partition coefficient (Wildman–Crippen LogP) is 1.31. The van der Waals surface area contributed by atoms with Crippen molar-refractivity contribution in [2.24, 2.45) is 5.73 Å². The van der Waals surface area contributed by atoms with E-state index >= 15 is 0 Å². The van der Waals surface area contributed by atoms with Gasteiger partial charge in [0.05, 0.1) is 19.3 Å². The van der Waals surface area contributed by atoms with Crippen molar-refractivity contribution in [3.63, 3.8) is 0 Å². The van der Waals surface area contributed by atoms with E-state index in [1.54, 1.807) is 0 Å². The lowest BCUT2D eigenvalue weighted by Gasteiger charge is -2.32. The molecule has 0 heterocycles. The van der Waals surface area contributed by atoms with Crippen molar-refractivity contribution in [1.29, 1.82) is 0 Å². The van der Waals surface area contributed by atoms with Crippen molar-refractivity contribution >= 4 is 0 Å². The molecule has 78 valence electrons. The minimum atomic E-state index is 0.381. The normalized spacial score (nSPS) is 27.2. The van der Waals surface area contributed by atoms with Crippen LogP contribution in [0.4, 0.5) is 0 Å². The molecule has 0 unspecified atom stereocenters. The molecule has 0 saturated heterocycles. The van der Waals surface area contributed by atoms with E-state index in [1.165, 1.54) is 6.42 Å². The molecule has 0 aromatic carbocycles. The first-order chi connectivity index (χ1) is 6.33. The van der Waals surface area contributed by atoms with Crippen molar-refractivity contribution < 1.29 is 9.47 Å². The molecule has 0 spiro atoms. The van der Waals surface area contributed by atoms with Gasteiger partial charge in [-0.25, -0.2) is 0 Å². The molecule has 1 rings (SSSR count). The number of ether oxygens (including phenoxy) is 2. The molecular formula is C10H21NO2. The molecule has 1 fully saturated rings. The molecular weight excluding hydrogens is 166 g/mol. The standard InChI is InChI=1S/C10H21NO2/c1-2-3-4-12-5-6-13-10-7-9(11)8-10/h9-10H,2-8,11H2,1H3.